The fourth-order valence-corrected chi connectivity index (χ4v) is 6.29. The van der Waals surface area contributed by atoms with Crippen LogP contribution in [0.5, 0.6) is 0 Å². The highest BCUT2D eigenvalue weighted by Gasteiger charge is 2.48. The first-order valence-electron chi connectivity index (χ1n) is 12.0. The summed E-state index contributed by atoms with van der Waals surface area (Å²) in [6.07, 6.45) is 2.30. The molecule has 0 radical (unpaired) electrons. The average Bonchev–Trinajstić information content (AvgIpc) is 3.26. The maximum atomic E-state index is 14.4. The smallest absolute Gasteiger partial charge is 0.241 e. The van der Waals surface area contributed by atoms with E-state index in [2.05, 4.69) is 4.72 Å². The molecule has 4 aromatic rings. The molecule has 0 saturated heterocycles. The van der Waals surface area contributed by atoms with Crippen molar-refractivity contribution in [2.45, 2.75) is 29.7 Å². The first kappa shape index (κ1) is 25.2. The summed E-state index contributed by atoms with van der Waals surface area (Å²) in [6.45, 7) is 1.90. The topological polar surface area (TPSA) is 63.2 Å². The molecule has 1 aliphatic carbocycles. The lowest BCUT2D eigenvalue weighted by molar-refractivity contribution is -0.119. The number of benzene rings is 4. The highest BCUT2D eigenvalue weighted by atomic mass is 35.5. The van der Waals surface area contributed by atoms with Gasteiger partial charge in [0.2, 0.25) is 10.0 Å². The van der Waals surface area contributed by atoms with Gasteiger partial charge in [-0.2, -0.15) is 4.72 Å². The van der Waals surface area contributed by atoms with Gasteiger partial charge in [-0.25, -0.2) is 8.42 Å². The first-order chi connectivity index (χ1) is 17.8. The van der Waals surface area contributed by atoms with Crippen LogP contribution < -0.4 is 4.72 Å². The van der Waals surface area contributed by atoms with Gasteiger partial charge in [-0.15, -0.1) is 0 Å². The molecule has 0 spiro atoms. The van der Waals surface area contributed by atoms with Crippen LogP contribution in [0.25, 0.3) is 0 Å². The number of sulfonamides is 1. The van der Waals surface area contributed by atoms with Crippen molar-refractivity contribution in [1.82, 2.24) is 4.72 Å². The maximum Gasteiger partial charge on any atom is 0.241 e. The maximum absolute atomic E-state index is 14.4. The largest absolute Gasteiger partial charge is 0.293 e. The number of allylic oxidation sites excluding steroid dienone is 1. The number of hydrogen-bond acceptors (Lipinski definition) is 3. The predicted octanol–water partition coefficient (Wildman–Crippen LogP) is 6.55. The number of ketones is 1. The Morgan fingerprint density at radius 3 is 1.86 bits per heavy atom. The summed E-state index contributed by atoms with van der Waals surface area (Å²) in [5.41, 5.74) is 2.79. The molecule has 0 aromatic heterocycles. The molecule has 1 atom stereocenters. The molecule has 1 N–H and O–H groups in total. The van der Waals surface area contributed by atoms with E-state index in [0.29, 0.717) is 22.6 Å². The Morgan fingerprint density at radius 1 is 0.784 bits per heavy atom. The van der Waals surface area contributed by atoms with E-state index in [9.17, 15) is 13.2 Å². The quantitative estimate of drug-likeness (QED) is 0.296. The second-order valence-corrected chi connectivity index (χ2v) is 11.4. The lowest BCUT2D eigenvalue weighted by atomic mass is 9.70. The zero-order chi connectivity index (χ0) is 26.0. The van der Waals surface area contributed by atoms with Crippen LogP contribution in [0.15, 0.2) is 126 Å². The van der Waals surface area contributed by atoms with Crippen molar-refractivity contribution in [3.8, 4) is 0 Å². The summed E-state index contributed by atoms with van der Waals surface area (Å²) < 4.78 is 29.8. The van der Waals surface area contributed by atoms with Crippen molar-refractivity contribution in [3.05, 3.63) is 148 Å². The number of hydrogen-bond donors (Lipinski definition) is 1. The van der Waals surface area contributed by atoms with Crippen LogP contribution in [0, 0.1) is 6.92 Å². The highest BCUT2D eigenvalue weighted by molar-refractivity contribution is 7.89. The third-order valence-electron chi connectivity index (χ3n) is 6.93. The van der Waals surface area contributed by atoms with E-state index in [1.165, 1.54) is 0 Å². The minimum absolute atomic E-state index is 0.128. The Kier molecular flexibility index (Phi) is 6.86. The van der Waals surface area contributed by atoms with Gasteiger partial charge in [0.25, 0.3) is 0 Å². The van der Waals surface area contributed by atoms with Crippen LogP contribution in [0.2, 0.25) is 5.02 Å². The Bertz CT molecular complexity index is 1510. The molecule has 0 bridgehead atoms. The van der Waals surface area contributed by atoms with E-state index in [1.54, 1.807) is 48.5 Å². The SMILES string of the molecule is Cc1ccc(S(=O)(=O)N[C@H](C2=CCC(c3ccccc3)(c3ccccc3)C2=O)c2ccc(Cl)cc2)cc1. The van der Waals surface area contributed by atoms with E-state index in [-0.39, 0.29) is 10.7 Å². The summed E-state index contributed by atoms with van der Waals surface area (Å²) in [5.74, 6) is -0.128. The monoisotopic (exact) mass is 527 g/mol. The molecule has 0 fully saturated rings. The minimum atomic E-state index is -3.94. The Hall–Kier alpha value is -3.51. The second-order valence-electron chi connectivity index (χ2n) is 9.25. The Morgan fingerprint density at radius 2 is 1.32 bits per heavy atom. The van der Waals surface area contributed by atoms with Crippen molar-refractivity contribution >= 4 is 27.4 Å². The zero-order valence-corrected chi connectivity index (χ0v) is 21.8. The van der Waals surface area contributed by atoms with Crippen LogP contribution in [-0.2, 0) is 20.2 Å². The zero-order valence-electron chi connectivity index (χ0n) is 20.3. The minimum Gasteiger partial charge on any atom is -0.293 e. The molecule has 0 saturated carbocycles. The highest BCUT2D eigenvalue weighted by Crippen LogP contribution is 2.46. The molecule has 37 heavy (non-hydrogen) atoms. The summed E-state index contributed by atoms with van der Waals surface area (Å²) in [5, 5.41) is 0.526. The van der Waals surface area contributed by atoms with E-state index in [4.69, 9.17) is 11.6 Å². The standard InChI is InChI=1S/C31H26ClNO3S/c1-22-12-18-27(19-13-22)37(35,36)33-29(23-14-16-26(32)17-15-23)28-20-21-31(30(28)34,24-8-4-2-5-9-24)25-10-6-3-7-11-25/h2-20,29,33H,21H2,1H3/t29-/m0/s1. The van der Waals surface area contributed by atoms with Crippen molar-refractivity contribution in [2.24, 2.45) is 0 Å². The second kappa shape index (κ2) is 10.1. The van der Waals surface area contributed by atoms with Gasteiger partial charge < -0.3 is 0 Å². The van der Waals surface area contributed by atoms with Gasteiger partial charge in [0.15, 0.2) is 5.78 Å². The molecule has 4 nitrogen and oxygen atoms in total. The van der Waals surface area contributed by atoms with Crippen LogP contribution in [0.4, 0.5) is 0 Å². The van der Waals surface area contributed by atoms with Gasteiger partial charge in [0.1, 0.15) is 0 Å². The number of rotatable bonds is 7. The van der Waals surface area contributed by atoms with Gasteiger partial charge in [-0.3, -0.25) is 4.79 Å². The molecule has 0 heterocycles. The number of nitrogens with one attached hydrogen (secondary N) is 1. The van der Waals surface area contributed by atoms with Crippen molar-refractivity contribution in [3.63, 3.8) is 0 Å². The molecule has 4 aromatic carbocycles. The van der Waals surface area contributed by atoms with Crippen LogP contribution in [0.3, 0.4) is 0 Å². The lowest BCUT2D eigenvalue weighted by Crippen LogP contribution is -2.38. The third kappa shape index (κ3) is 4.78. The third-order valence-corrected chi connectivity index (χ3v) is 8.62. The normalized spacial score (nSPS) is 15.8. The van der Waals surface area contributed by atoms with Crippen molar-refractivity contribution < 1.29 is 13.2 Å². The van der Waals surface area contributed by atoms with E-state index in [0.717, 1.165) is 16.7 Å². The van der Waals surface area contributed by atoms with E-state index in [1.807, 2.05) is 73.7 Å². The van der Waals surface area contributed by atoms with Crippen LogP contribution >= 0.6 is 11.6 Å². The summed E-state index contributed by atoms with van der Waals surface area (Å²) >= 11 is 6.13. The van der Waals surface area contributed by atoms with Gasteiger partial charge >= 0.3 is 0 Å². The number of carbonyl (C=O) groups excluding carboxylic acids is 1. The molecule has 1 aliphatic rings. The van der Waals surface area contributed by atoms with Gasteiger partial charge in [-0.1, -0.05) is 108 Å². The fourth-order valence-electron chi connectivity index (χ4n) is 4.96. The molecule has 5 rings (SSSR count). The first-order valence-corrected chi connectivity index (χ1v) is 13.9. The lowest BCUT2D eigenvalue weighted by Gasteiger charge is -2.31. The number of carbonyl (C=O) groups is 1. The number of Topliss-reactive ketones (excluding diaryl/α,β-unsaturated/α-hetero) is 1. The summed E-state index contributed by atoms with van der Waals surface area (Å²) in [6, 6.07) is 32.0. The van der Waals surface area contributed by atoms with E-state index >= 15 is 0 Å². The van der Waals surface area contributed by atoms with Gasteiger partial charge in [0, 0.05) is 10.6 Å². The van der Waals surface area contributed by atoms with Crippen molar-refractivity contribution in [1.29, 1.82) is 0 Å². The van der Waals surface area contributed by atoms with Crippen LogP contribution in [0.1, 0.15) is 34.7 Å². The fraction of sp³-hybridized carbons (Fsp3) is 0.129. The number of halogens is 1. The van der Waals surface area contributed by atoms with Gasteiger partial charge in [0.05, 0.1) is 16.4 Å². The Balaban J connectivity index is 1.61. The van der Waals surface area contributed by atoms with E-state index < -0.39 is 21.5 Å². The average molecular weight is 528 g/mol. The molecule has 0 aliphatic heterocycles. The molecule has 0 amide bonds. The molecular weight excluding hydrogens is 502 g/mol. The van der Waals surface area contributed by atoms with Crippen LogP contribution in [-0.4, -0.2) is 14.2 Å². The van der Waals surface area contributed by atoms with Crippen molar-refractivity contribution in [2.75, 3.05) is 0 Å². The Labute approximate surface area is 222 Å². The molecule has 186 valence electrons. The predicted molar refractivity (Wildman–Crippen MR) is 147 cm³/mol. The number of aryl methyl sites for hydroxylation is 1. The molecule has 0 unspecified atom stereocenters. The molecular formula is C31H26ClNO3S. The van der Waals surface area contributed by atoms with Gasteiger partial charge in [-0.05, 0) is 54.3 Å². The molecule has 6 heteroatoms. The summed E-state index contributed by atoms with van der Waals surface area (Å²) in [7, 11) is -3.94. The summed E-state index contributed by atoms with van der Waals surface area (Å²) in [4.78, 5) is 14.6.